The monoisotopic (exact) mass is 428 g/mol. The lowest BCUT2D eigenvalue weighted by molar-refractivity contribution is -0.137. The number of halogens is 4. The molecule has 0 saturated carbocycles. The molecule has 0 radical (unpaired) electrons. The highest BCUT2D eigenvalue weighted by Gasteiger charge is 2.43. The summed E-state index contributed by atoms with van der Waals surface area (Å²) < 4.78 is 82.5. The van der Waals surface area contributed by atoms with Crippen molar-refractivity contribution in [3.63, 3.8) is 0 Å². The fraction of sp³-hybridized carbons (Fsp3) is 0.250. The van der Waals surface area contributed by atoms with Gasteiger partial charge in [-0.3, -0.25) is 4.79 Å². The Hall–Kier alpha value is -2.68. The molecule has 1 aliphatic heterocycles. The zero-order chi connectivity index (χ0) is 21.8. The van der Waals surface area contributed by atoms with Crippen molar-refractivity contribution >= 4 is 27.0 Å². The summed E-state index contributed by atoms with van der Waals surface area (Å²) in [5.74, 6) is -1.74. The molecule has 0 saturated heterocycles. The van der Waals surface area contributed by atoms with E-state index < -0.39 is 43.7 Å². The molecule has 0 bridgehead atoms. The number of hydrogen-bond acceptors (Lipinski definition) is 4. The summed E-state index contributed by atoms with van der Waals surface area (Å²) in [5, 5.41) is 0. The van der Waals surface area contributed by atoms with Gasteiger partial charge in [-0.15, -0.1) is 0 Å². The van der Waals surface area contributed by atoms with E-state index in [0.717, 1.165) is 36.6 Å². The van der Waals surface area contributed by atoms with E-state index in [4.69, 9.17) is 4.74 Å². The minimum atomic E-state index is -4.61. The fourth-order valence-corrected chi connectivity index (χ4v) is 3.74. The number of alkyl halides is 3. The lowest BCUT2D eigenvalue weighted by Crippen LogP contribution is -2.29. The number of ketones is 1. The molecule has 9 heteroatoms. The van der Waals surface area contributed by atoms with E-state index in [9.17, 15) is 30.8 Å². The molecule has 0 fully saturated rings. The van der Waals surface area contributed by atoms with Gasteiger partial charge in [-0.05, 0) is 49.7 Å². The molecular weight excluding hydrogens is 412 g/mol. The van der Waals surface area contributed by atoms with Crippen LogP contribution in [0.3, 0.4) is 0 Å². The van der Waals surface area contributed by atoms with Gasteiger partial charge in [0.25, 0.3) is 0 Å². The number of carbonyl (C=O) groups excluding carboxylic acids is 1. The molecule has 0 N–H and O–H groups in total. The number of sulfone groups is 1. The van der Waals surface area contributed by atoms with Gasteiger partial charge in [-0.25, -0.2) is 12.8 Å². The van der Waals surface area contributed by atoms with Crippen LogP contribution in [0.5, 0.6) is 0 Å². The quantitative estimate of drug-likeness (QED) is 0.676. The number of ether oxygens (including phenoxy) is 1. The normalized spacial score (nSPS) is 16.9. The summed E-state index contributed by atoms with van der Waals surface area (Å²) in [4.78, 5) is 12.3. The van der Waals surface area contributed by atoms with Crippen molar-refractivity contribution in [1.29, 1.82) is 0 Å². The Labute approximate surface area is 164 Å². The molecule has 0 atom stereocenters. The summed E-state index contributed by atoms with van der Waals surface area (Å²) in [6, 6.07) is 7.33. The summed E-state index contributed by atoms with van der Waals surface area (Å²) in [6.07, 6.45) is -3.77. The smallest absolute Gasteiger partial charge is 0.416 e. The highest BCUT2D eigenvalue weighted by atomic mass is 32.2. The van der Waals surface area contributed by atoms with Crippen molar-refractivity contribution in [3.05, 3.63) is 65.0 Å². The van der Waals surface area contributed by atoms with Crippen LogP contribution in [0.15, 0.2) is 47.4 Å². The van der Waals surface area contributed by atoms with E-state index in [1.807, 2.05) is 0 Å². The molecule has 2 aromatic rings. The van der Waals surface area contributed by atoms with Gasteiger partial charge >= 0.3 is 6.18 Å². The lowest BCUT2D eigenvalue weighted by Gasteiger charge is -2.18. The Kier molecular flexibility index (Phi) is 4.85. The number of Topliss-reactive ketones (excluding diaryl/α,β-unsaturated/α-hetero) is 1. The Balaban J connectivity index is 2.23. The molecule has 2 aromatic carbocycles. The molecule has 0 amide bonds. The minimum absolute atomic E-state index is 0.0296. The molecule has 0 aromatic heterocycles. The molecule has 0 spiro atoms. The third-order valence-corrected chi connectivity index (χ3v) is 5.56. The molecular formula is C20H16F4O4S. The molecule has 0 aliphatic carbocycles. The zero-order valence-electron chi connectivity index (χ0n) is 15.6. The summed E-state index contributed by atoms with van der Waals surface area (Å²) in [6.45, 7) is 2.88. The Bertz CT molecular complexity index is 1150. The number of rotatable bonds is 3. The van der Waals surface area contributed by atoms with Crippen LogP contribution in [0.4, 0.5) is 17.6 Å². The largest absolute Gasteiger partial charge is 0.478 e. The van der Waals surface area contributed by atoms with E-state index in [0.29, 0.717) is 0 Å². The van der Waals surface area contributed by atoms with E-state index in [2.05, 4.69) is 0 Å². The molecule has 154 valence electrons. The van der Waals surface area contributed by atoms with E-state index in [1.165, 1.54) is 26.0 Å². The van der Waals surface area contributed by atoms with Crippen LogP contribution in [0.1, 0.15) is 30.5 Å². The van der Waals surface area contributed by atoms with E-state index >= 15 is 0 Å². The first-order valence-corrected chi connectivity index (χ1v) is 10.3. The fourth-order valence-electron chi connectivity index (χ4n) is 3.02. The summed E-state index contributed by atoms with van der Waals surface area (Å²) in [5.41, 5.74) is -2.45. The Morgan fingerprint density at radius 1 is 1.00 bits per heavy atom. The predicted molar refractivity (Wildman–Crippen MR) is 97.9 cm³/mol. The second-order valence-corrected chi connectivity index (χ2v) is 9.13. The molecule has 3 rings (SSSR count). The third kappa shape index (κ3) is 3.91. The van der Waals surface area contributed by atoms with Crippen LogP contribution in [0.2, 0.25) is 0 Å². The van der Waals surface area contributed by atoms with Crippen molar-refractivity contribution in [2.45, 2.75) is 30.5 Å². The average Bonchev–Trinajstić information content (AvgIpc) is 2.83. The molecule has 1 aliphatic rings. The van der Waals surface area contributed by atoms with Gasteiger partial charge in [0, 0.05) is 11.8 Å². The van der Waals surface area contributed by atoms with Gasteiger partial charge in [0.15, 0.2) is 15.4 Å². The van der Waals surface area contributed by atoms with Crippen LogP contribution in [0, 0.1) is 5.82 Å². The van der Waals surface area contributed by atoms with Crippen LogP contribution in [0.25, 0.3) is 11.3 Å². The van der Waals surface area contributed by atoms with Gasteiger partial charge in [-0.1, -0.05) is 12.1 Å². The standard InChI is InChI=1S/C20H16F4O4S/c1-19(2)18(25)16(11-5-4-6-13(9-11)20(22,23)24)17(28-19)12-7-8-15(14(21)10-12)29(3,26)27/h4-10H,1-3H3. The van der Waals surface area contributed by atoms with Gasteiger partial charge in [0.05, 0.1) is 11.1 Å². The minimum Gasteiger partial charge on any atom is -0.478 e. The van der Waals surface area contributed by atoms with Crippen LogP contribution in [-0.4, -0.2) is 26.1 Å². The van der Waals surface area contributed by atoms with Crippen molar-refractivity contribution in [3.8, 4) is 0 Å². The second-order valence-electron chi connectivity index (χ2n) is 7.14. The lowest BCUT2D eigenvalue weighted by atomic mass is 9.92. The zero-order valence-corrected chi connectivity index (χ0v) is 16.4. The van der Waals surface area contributed by atoms with Gasteiger partial charge in [0.1, 0.15) is 16.5 Å². The molecule has 1 heterocycles. The SMILES string of the molecule is CC1(C)OC(c2ccc(S(C)(=O)=O)c(F)c2)=C(c2cccc(C(F)(F)F)c2)C1=O. The topological polar surface area (TPSA) is 60.4 Å². The van der Waals surface area contributed by atoms with Crippen molar-refractivity contribution < 1.29 is 35.5 Å². The van der Waals surface area contributed by atoms with Crippen LogP contribution < -0.4 is 0 Å². The summed E-state index contributed by atoms with van der Waals surface area (Å²) >= 11 is 0. The van der Waals surface area contributed by atoms with Crippen LogP contribution in [-0.2, 0) is 25.5 Å². The molecule has 4 nitrogen and oxygen atoms in total. The first kappa shape index (κ1) is 21.0. The maximum atomic E-state index is 14.3. The predicted octanol–water partition coefficient (Wildman–Crippen LogP) is 4.49. The highest BCUT2D eigenvalue weighted by Crippen LogP contribution is 2.42. The third-order valence-electron chi connectivity index (χ3n) is 4.43. The maximum absolute atomic E-state index is 14.3. The maximum Gasteiger partial charge on any atom is 0.416 e. The van der Waals surface area contributed by atoms with Gasteiger partial charge in [0.2, 0.25) is 5.78 Å². The highest BCUT2D eigenvalue weighted by molar-refractivity contribution is 7.90. The van der Waals surface area contributed by atoms with Crippen molar-refractivity contribution in [2.75, 3.05) is 6.26 Å². The summed E-state index contributed by atoms with van der Waals surface area (Å²) in [7, 11) is -3.82. The number of hydrogen-bond donors (Lipinski definition) is 0. The van der Waals surface area contributed by atoms with Crippen molar-refractivity contribution in [1.82, 2.24) is 0 Å². The second kappa shape index (κ2) is 6.69. The first-order chi connectivity index (χ1) is 13.2. The van der Waals surface area contributed by atoms with Gasteiger partial charge < -0.3 is 4.74 Å². The Morgan fingerprint density at radius 3 is 2.21 bits per heavy atom. The van der Waals surface area contributed by atoms with Gasteiger partial charge in [-0.2, -0.15) is 13.2 Å². The van der Waals surface area contributed by atoms with E-state index in [-0.39, 0.29) is 22.5 Å². The van der Waals surface area contributed by atoms with E-state index in [1.54, 1.807) is 0 Å². The van der Waals surface area contributed by atoms with Crippen molar-refractivity contribution in [2.24, 2.45) is 0 Å². The average molecular weight is 428 g/mol. The number of benzene rings is 2. The first-order valence-electron chi connectivity index (χ1n) is 8.37. The molecule has 0 unspecified atom stereocenters. The molecule has 29 heavy (non-hydrogen) atoms. The number of carbonyl (C=O) groups is 1. The van der Waals surface area contributed by atoms with Crippen LogP contribution >= 0.6 is 0 Å². The Morgan fingerprint density at radius 2 is 1.66 bits per heavy atom.